The molecular formula is C22H12Br2O2. The highest BCUT2D eigenvalue weighted by Crippen LogP contribution is 2.44. The first kappa shape index (κ1) is 15.9. The monoisotopic (exact) mass is 466 g/mol. The Morgan fingerprint density at radius 3 is 1.19 bits per heavy atom. The normalized spacial score (nSPS) is 11.8. The lowest BCUT2D eigenvalue weighted by Crippen LogP contribution is -1.84. The van der Waals surface area contributed by atoms with E-state index in [-0.39, 0.29) is 11.5 Å². The zero-order chi connectivity index (χ0) is 18.0. The number of benzene rings is 5. The van der Waals surface area contributed by atoms with E-state index in [1.807, 2.05) is 60.7 Å². The highest BCUT2D eigenvalue weighted by atomic mass is 79.9. The van der Waals surface area contributed by atoms with Crippen LogP contribution in [-0.4, -0.2) is 10.2 Å². The predicted octanol–water partition coefficient (Wildman–Crippen LogP) is 7.24. The summed E-state index contributed by atoms with van der Waals surface area (Å²) in [5.74, 6) is 0.388. The Hall–Kier alpha value is -2.30. The van der Waals surface area contributed by atoms with Crippen LogP contribution in [-0.2, 0) is 0 Å². The summed E-state index contributed by atoms with van der Waals surface area (Å²) in [4.78, 5) is 0. The summed E-state index contributed by atoms with van der Waals surface area (Å²) in [6.07, 6.45) is 0. The van der Waals surface area contributed by atoms with Crippen molar-refractivity contribution in [1.82, 2.24) is 0 Å². The number of hydrogen-bond acceptors (Lipinski definition) is 2. The van der Waals surface area contributed by atoms with Crippen molar-refractivity contribution in [3.05, 3.63) is 69.6 Å². The molecule has 0 saturated heterocycles. The Morgan fingerprint density at radius 1 is 0.462 bits per heavy atom. The molecule has 0 amide bonds. The maximum Gasteiger partial charge on any atom is 0.131 e. The van der Waals surface area contributed by atoms with Crippen LogP contribution in [0.1, 0.15) is 0 Å². The molecule has 0 atom stereocenters. The summed E-state index contributed by atoms with van der Waals surface area (Å²) >= 11 is 6.97. The molecule has 0 aliphatic carbocycles. The summed E-state index contributed by atoms with van der Waals surface area (Å²) in [6, 6.07) is 19.7. The lowest BCUT2D eigenvalue weighted by molar-refractivity contribution is 0.478. The Labute approximate surface area is 165 Å². The zero-order valence-corrected chi connectivity index (χ0v) is 16.6. The van der Waals surface area contributed by atoms with Crippen molar-refractivity contribution in [3.8, 4) is 11.5 Å². The quantitative estimate of drug-likeness (QED) is 0.186. The fourth-order valence-electron chi connectivity index (χ4n) is 3.61. The summed E-state index contributed by atoms with van der Waals surface area (Å²) in [5.41, 5.74) is 0. The van der Waals surface area contributed by atoms with Crippen molar-refractivity contribution in [2.24, 2.45) is 0 Å². The minimum absolute atomic E-state index is 0.194. The SMILES string of the molecule is Oc1c2cc3ccc(Br)cc3cc2c(O)c2cc3ccc(Br)cc3cc12. The van der Waals surface area contributed by atoms with Gasteiger partial charge in [0.2, 0.25) is 0 Å². The maximum absolute atomic E-state index is 10.9. The van der Waals surface area contributed by atoms with Crippen molar-refractivity contribution in [3.63, 3.8) is 0 Å². The summed E-state index contributed by atoms with van der Waals surface area (Å²) in [7, 11) is 0. The third kappa shape index (κ3) is 2.29. The van der Waals surface area contributed by atoms with Gasteiger partial charge < -0.3 is 10.2 Å². The molecule has 0 aromatic heterocycles. The zero-order valence-electron chi connectivity index (χ0n) is 13.4. The number of aromatic hydroxyl groups is 2. The van der Waals surface area contributed by atoms with E-state index in [0.717, 1.165) is 30.5 Å². The van der Waals surface area contributed by atoms with E-state index in [9.17, 15) is 10.2 Å². The molecule has 0 radical (unpaired) electrons. The van der Waals surface area contributed by atoms with E-state index in [1.54, 1.807) is 0 Å². The molecule has 5 rings (SSSR count). The molecule has 0 unspecified atom stereocenters. The Kier molecular flexibility index (Phi) is 3.43. The first-order valence-corrected chi connectivity index (χ1v) is 9.70. The van der Waals surface area contributed by atoms with Gasteiger partial charge in [-0.25, -0.2) is 0 Å². The molecule has 0 heterocycles. The number of phenolic OH excluding ortho intramolecular Hbond substituents is 2. The molecule has 126 valence electrons. The van der Waals surface area contributed by atoms with Crippen LogP contribution in [0.2, 0.25) is 0 Å². The van der Waals surface area contributed by atoms with E-state index in [0.29, 0.717) is 21.5 Å². The molecule has 5 aromatic carbocycles. The van der Waals surface area contributed by atoms with Gasteiger partial charge in [-0.05, 0) is 70.1 Å². The van der Waals surface area contributed by atoms with Gasteiger partial charge in [0.05, 0.1) is 0 Å². The first-order valence-electron chi connectivity index (χ1n) is 8.11. The van der Waals surface area contributed by atoms with Gasteiger partial charge in [-0.1, -0.05) is 44.0 Å². The standard InChI is InChI=1S/C22H12Br2O2/c23-15-3-1-11-7-17-19(9-13(11)5-15)22(26)18-8-12-2-4-16(24)6-14(12)10-20(18)21(17)25/h1-10,25-26H. The molecule has 2 nitrogen and oxygen atoms in total. The fraction of sp³-hybridized carbons (Fsp3) is 0. The molecule has 0 fully saturated rings. The number of halogens is 2. The lowest BCUT2D eigenvalue weighted by Gasteiger charge is -2.12. The highest BCUT2D eigenvalue weighted by molar-refractivity contribution is 9.10. The van der Waals surface area contributed by atoms with Gasteiger partial charge in [0, 0.05) is 30.5 Å². The predicted molar refractivity (Wildman–Crippen MR) is 115 cm³/mol. The van der Waals surface area contributed by atoms with Crippen LogP contribution in [0.3, 0.4) is 0 Å². The van der Waals surface area contributed by atoms with Crippen LogP contribution < -0.4 is 0 Å². The molecule has 0 spiro atoms. The van der Waals surface area contributed by atoms with E-state index in [2.05, 4.69) is 31.9 Å². The van der Waals surface area contributed by atoms with E-state index in [1.165, 1.54) is 0 Å². The summed E-state index contributed by atoms with van der Waals surface area (Å²) in [6.45, 7) is 0. The number of phenols is 2. The largest absolute Gasteiger partial charge is 0.507 e. The Morgan fingerprint density at radius 2 is 0.808 bits per heavy atom. The Balaban J connectivity index is 1.99. The average molecular weight is 468 g/mol. The van der Waals surface area contributed by atoms with Crippen molar-refractivity contribution < 1.29 is 10.2 Å². The average Bonchev–Trinajstić information content (AvgIpc) is 2.63. The maximum atomic E-state index is 10.9. The van der Waals surface area contributed by atoms with Gasteiger partial charge in [0.1, 0.15) is 11.5 Å². The third-order valence-electron chi connectivity index (χ3n) is 4.90. The smallest absolute Gasteiger partial charge is 0.131 e. The number of rotatable bonds is 0. The topological polar surface area (TPSA) is 40.5 Å². The molecule has 26 heavy (non-hydrogen) atoms. The first-order chi connectivity index (χ1) is 12.5. The third-order valence-corrected chi connectivity index (χ3v) is 5.88. The van der Waals surface area contributed by atoms with Gasteiger partial charge in [-0.15, -0.1) is 0 Å². The second-order valence-corrected chi connectivity index (χ2v) is 8.31. The molecule has 0 aliphatic heterocycles. The fourth-order valence-corrected chi connectivity index (χ4v) is 4.37. The van der Waals surface area contributed by atoms with Crippen molar-refractivity contribution in [2.45, 2.75) is 0 Å². The van der Waals surface area contributed by atoms with Gasteiger partial charge in [-0.2, -0.15) is 0 Å². The molecule has 4 heteroatoms. The van der Waals surface area contributed by atoms with E-state index < -0.39 is 0 Å². The minimum Gasteiger partial charge on any atom is -0.507 e. The highest BCUT2D eigenvalue weighted by Gasteiger charge is 2.15. The van der Waals surface area contributed by atoms with Crippen LogP contribution in [0.4, 0.5) is 0 Å². The Bertz CT molecular complexity index is 1270. The van der Waals surface area contributed by atoms with Crippen molar-refractivity contribution >= 4 is 74.9 Å². The van der Waals surface area contributed by atoms with Crippen LogP contribution in [0, 0.1) is 0 Å². The van der Waals surface area contributed by atoms with Gasteiger partial charge in [0.25, 0.3) is 0 Å². The summed E-state index contributed by atoms with van der Waals surface area (Å²) in [5, 5.41) is 28.5. The van der Waals surface area contributed by atoms with Gasteiger partial charge in [-0.3, -0.25) is 0 Å². The van der Waals surface area contributed by atoms with Gasteiger partial charge in [0.15, 0.2) is 0 Å². The van der Waals surface area contributed by atoms with Crippen molar-refractivity contribution in [2.75, 3.05) is 0 Å². The van der Waals surface area contributed by atoms with Crippen LogP contribution in [0.25, 0.3) is 43.1 Å². The molecule has 2 N–H and O–H groups in total. The van der Waals surface area contributed by atoms with Crippen LogP contribution >= 0.6 is 31.9 Å². The van der Waals surface area contributed by atoms with E-state index in [4.69, 9.17) is 0 Å². The van der Waals surface area contributed by atoms with Gasteiger partial charge >= 0.3 is 0 Å². The second-order valence-electron chi connectivity index (χ2n) is 6.48. The summed E-state index contributed by atoms with van der Waals surface area (Å²) < 4.78 is 1.95. The molecular weight excluding hydrogens is 456 g/mol. The molecule has 0 saturated carbocycles. The minimum atomic E-state index is 0.194. The lowest BCUT2D eigenvalue weighted by atomic mass is 9.95. The van der Waals surface area contributed by atoms with Crippen LogP contribution in [0.15, 0.2) is 69.6 Å². The second kappa shape index (κ2) is 5.60. The molecule has 0 aliphatic rings. The molecule has 5 aromatic rings. The van der Waals surface area contributed by atoms with Crippen molar-refractivity contribution in [1.29, 1.82) is 0 Å². The van der Waals surface area contributed by atoms with E-state index >= 15 is 0 Å². The number of fused-ring (bicyclic) bond motifs is 4. The number of hydrogen-bond donors (Lipinski definition) is 2. The molecule has 0 bridgehead atoms. The van der Waals surface area contributed by atoms with Crippen LogP contribution in [0.5, 0.6) is 11.5 Å².